The lowest BCUT2D eigenvalue weighted by Crippen LogP contribution is -2.68. The topological polar surface area (TPSA) is 55.8 Å². The molecule has 1 aliphatic heterocycles. The number of carbonyl (C=O) groups excluding carboxylic acids is 2. The average molecular weight is 542 g/mol. The van der Waals surface area contributed by atoms with Gasteiger partial charge in [0.15, 0.2) is 17.5 Å². The van der Waals surface area contributed by atoms with Crippen molar-refractivity contribution in [3.63, 3.8) is 0 Å². The molecule has 1 aliphatic rings. The lowest BCUT2D eigenvalue weighted by molar-refractivity contribution is -0.169. The maximum atomic E-state index is 14.4. The second-order valence-corrected chi connectivity index (χ2v) is 14.6. The zero-order valence-electron chi connectivity index (χ0n) is 21.7. The highest BCUT2D eigenvalue weighted by molar-refractivity contribution is 6.99. The molecule has 1 amide bonds. The quantitative estimate of drug-likeness (QED) is 0.191. The van der Waals surface area contributed by atoms with Gasteiger partial charge >= 0.3 is 11.9 Å². The van der Waals surface area contributed by atoms with Gasteiger partial charge in [0.05, 0.1) is 18.7 Å². The molecule has 0 aromatic heterocycles. The molecule has 1 heterocycles. The number of benzene rings is 3. The first kappa shape index (κ1) is 27.6. The van der Waals surface area contributed by atoms with Gasteiger partial charge in [-0.15, -0.1) is 0 Å². The number of morpholine rings is 1. The third-order valence-corrected chi connectivity index (χ3v) is 12.0. The first-order valence-electron chi connectivity index (χ1n) is 12.4. The van der Waals surface area contributed by atoms with Crippen molar-refractivity contribution in [1.82, 2.24) is 4.90 Å². The molecule has 200 valence electrons. The SMILES string of the molecule is C[C@@H](O[Si](c1ccccc1)(c1ccccc1)C(C)(C)C)[C@@H](c1cc(F)c(F)c(F)c1)N1CCOC(=O)C1=O. The summed E-state index contributed by atoms with van der Waals surface area (Å²) in [6.07, 6.45) is -0.861. The monoisotopic (exact) mass is 541 g/mol. The molecule has 2 atom stereocenters. The Morgan fingerprint density at radius 3 is 1.87 bits per heavy atom. The maximum absolute atomic E-state index is 14.4. The predicted molar refractivity (Wildman–Crippen MR) is 140 cm³/mol. The van der Waals surface area contributed by atoms with Crippen molar-refractivity contribution < 1.29 is 31.9 Å². The smallest absolute Gasteiger partial charge is 0.397 e. The van der Waals surface area contributed by atoms with Crippen molar-refractivity contribution in [2.75, 3.05) is 13.2 Å². The largest absolute Gasteiger partial charge is 0.457 e. The highest BCUT2D eigenvalue weighted by Crippen LogP contribution is 2.40. The van der Waals surface area contributed by atoms with E-state index in [1.807, 2.05) is 60.7 Å². The zero-order valence-corrected chi connectivity index (χ0v) is 22.7. The summed E-state index contributed by atoms with van der Waals surface area (Å²) in [4.78, 5) is 26.3. The molecule has 0 spiro atoms. The van der Waals surface area contributed by atoms with E-state index >= 15 is 0 Å². The van der Waals surface area contributed by atoms with Crippen LogP contribution in [0.25, 0.3) is 0 Å². The molecule has 0 N–H and O–H groups in total. The molecule has 9 heteroatoms. The lowest BCUT2D eigenvalue weighted by Gasteiger charge is -2.47. The molecule has 0 radical (unpaired) electrons. The molecule has 0 bridgehead atoms. The molecule has 0 unspecified atom stereocenters. The van der Waals surface area contributed by atoms with Crippen LogP contribution in [-0.4, -0.2) is 44.3 Å². The Hall–Kier alpha value is -3.43. The van der Waals surface area contributed by atoms with Gasteiger partial charge in [-0.25, -0.2) is 18.0 Å². The molecular formula is C29H30F3NO4Si. The average Bonchev–Trinajstić information content (AvgIpc) is 2.88. The van der Waals surface area contributed by atoms with Gasteiger partial charge in [0.25, 0.3) is 8.32 Å². The van der Waals surface area contributed by atoms with E-state index in [1.165, 1.54) is 4.90 Å². The Kier molecular flexibility index (Phi) is 7.80. The van der Waals surface area contributed by atoms with Crippen molar-refractivity contribution in [1.29, 1.82) is 0 Å². The van der Waals surface area contributed by atoms with E-state index in [-0.39, 0.29) is 18.7 Å². The van der Waals surface area contributed by atoms with Crippen LogP contribution in [0.4, 0.5) is 13.2 Å². The van der Waals surface area contributed by atoms with E-state index in [0.717, 1.165) is 22.5 Å². The van der Waals surface area contributed by atoms with Gasteiger partial charge in [-0.2, -0.15) is 0 Å². The standard InChI is InChI=1S/C29H30F3NO4Si/c1-19(26(33-15-16-36-28(35)27(33)34)20-17-23(30)25(32)24(31)18-20)37-38(29(2,3)4,21-11-7-5-8-12-21)22-13-9-6-10-14-22/h5-14,17-19,26H,15-16H2,1-4H3/t19-,26+/m1/s1. The minimum atomic E-state index is -3.16. The number of carbonyl (C=O) groups is 2. The Morgan fingerprint density at radius 2 is 1.39 bits per heavy atom. The zero-order chi connectivity index (χ0) is 27.7. The molecule has 1 saturated heterocycles. The van der Waals surface area contributed by atoms with E-state index in [2.05, 4.69) is 20.8 Å². The highest BCUT2D eigenvalue weighted by atomic mass is 28.4. The predicted octanol–water partition coefficient (Wildman–Crippen LogP) is 4.50. The third-order valence-electron chi connectivity index (χ3n) is 6.91. The van der Waals surface area contributed by atoms with Crippen LogP contribution in [0.5, 0.6) is 0 Å². The van der Waals surface area contributed by atoms with E-state index in [0.29, 0.717) is 0 Å². The summed E-state index contributed by atoms with van der Waals surface area (Å²) in [5, 5.41) is 1.49. The van der Waals surface area contributed by atoms with Crippen LogP contribution < -0.4 is 10.4 Å². The first-order chi connectivity index (χ1) is 18.0. The first-order valence-corrected chi connectivity index (χ1v) is 14.3. The van der Waals surface area contributed by atoms with Gasteiger partial charge in [-0.3, -0.25) is 4.79 Å². The van der Waals surface area contributed by atoms with E-state index in [9.17, 15) is 22.8 Å². The number of cyclic esters (lactones) is 1. The summed E-state index contributed by atoms with van der Waals surface area (Å²) >= 11 is 0. The maximum Gasteiger partial charge on any atom is 0.397 e. The van der Waals surface area contributed by atoms with E-state index in [4.69, 9.17) is 9.16 Å². The van der Waals surface area contributed by atoms with Gasteiger partial charge in [-0.05, 0) is 40.0 Å². The molecule has 0 aliphatic carbocycles. The number of amides is 1. The van der Waals surface area contributed by atoms with E-state index in [1.54, 1.807) is 6.92 Å². The Labute approximate surface area is 221 Å². The van der Waals surface area contributed by atoms with Gasteiger partial charge < -0.3 is 14.1 Å². The molecule has 3 aromatic carbocycles. The summed E-state index contributed by atoms with van der Waals surface area (Å²) in [7, 11) is -3.16. The number of esters is 1. The molecule has 38 heavy (non-hydrogen) atoms. The second kappa shape index (κ2) is 10.7. The molecule has 4 rings (SSSR count). The number of halogens is 3. The van der Waals surface area contributed by atoms with Gasteiger partial charge in [0, 0.05) is 0 Å². The van der Waals surface area contributed by atoms with Crippen molar-refractivity contribution in [3.05, 3.63) is 95.8 Å². The highest BCUT2D eigenvalue weighted by Gasteiger charge is 2.52. The number of nitrogens with zero attached hydrogens (tertiary/aromatic N) is 1. The van der Waals surface area contributed by atoms with Crippen molar-refractivity contribution in [3.8, 4) is 0 Å². The van der Waals surface area contributed by atoms with Crippen molar-refractivity contribution in [2.24, 2.45) is 0 Å². The second-order valence-electron chi connectivity index (χ2n) is 10.4. The molecule has 0 saturated carbocycles. The summed E-state index contributed by atoms with van der Waals surface area (Å²) in [5.41, 5.74) is -0.0186. The van der Waals surface area contributed by atoms with Crippen LogP contribution in [0.1, 0.15) is 39.3 Å². The molecule has 1 fully saturated rings. The number of hydrogen-bond donors (Lipinski definition) is 0. The van der Waals surface area contributed by atoms with Crippen LogP contribution in [0.2, 0.25) is 5.04 Å². The molecular weight excluding hydrogens is 511 g/mol. The van der Waals surface area contributed by atoms with Gasteiger partial charge in [-0.1, -0.05) is 81.4 Å². The van der Waals surface area contributed by atoms with Crippen LogP contribution in [0, 0.1) is 17.5 Å². The van der Waals surface area contributed by atoms with Gasteiger partial charge in [0.1, 0.15) is 6.61 Å². The summed E-state index contributed by atoms with van der Waals surface area (Å²) < 4.78 is 54.7. The molecule has 5 nitrogen and oxygen atoms in total. The normalized spacial score (nSPS) is 16.2. The van der Waals surface area contributed by atoms with Crippen LogP contribution in [0.3, 0.4) is 0 Å². The fourth-order valence-corrected chi connectivity index (χ4v) is 9.97. The fraction of sp³-hybridized carbons (Fsp3) is 0.310. The Balaban J connectivity index is 1.91. The Morgan fingerprint density at radius 1 is 0.895 bits per heavy atom. The van der Waals surface area contributed by atoms with E-state index < -0.39 is 54.8 Å². The summed E-state index contributed by atoms with van der Waals surface area (Å²) in [6, 6.07) is 20.1. The number of ether oxygens (including phenoxy) is 1. The number of rotatable bonds is 7. The summed E-state index contributed by atoms with van der Waals surface area (Å²) in [6.45, 7) is 7.82. The van der Waals surface area contributed by atoms with Crippen molar-refractivity contribution in [2.45, 2.75) is 44.9 Å². The molecule has 3 aromatic rings. The number of hydrogen-bond acceptors (Lipinski definition) is 4. The van der Waals surface area contributed by atoms with Crippen LogP contribution in [0.15, 0.2) is 72.8 Å². The van der Waals surface area contributed by atoms with Crippen LogP contribution in [-0.2, 0) is 18.8 Å². The lowest BCUT2D eigenvalue weighted by atomic mass is 9.99. The minimum absolute atomic E-state index is 0.00962. The minimum Gasteiger partial charge on any atom is -0.457 e. The third kappa shape index (κ3) is 5.00. The summed E-state index contributed by atoms with van der Waals surface area (Å²) in [5.74, 6) is -6.42. The Bertz CT molecular complexity index is 1250. The van der Waals surface area contributed by atoms with Gasteiger partial charge in [0.2, 0.25) is 0 Å². The van der Waals surface area contributed by atoms with Crippen LogP contribution >= 0.6 is 0 Å². The fourth-order valence-electron chi connectivity index (χ4n) is 5.27. The van der Waals surface area contributed by atoms with Crippen molar-refractivity contribution >= 4 is 30.6 Å².